The number of rotatable bonds is 7. The van der Waals surface area contributed by atoms with Crippen LogP contribution in [0.4, 0.5) is 0 Å². The molecule has 0 unspecified atom stereocenters. The number of aromatic nitrogens is 1. The summed E-state index contributed by atoms with van der Waals surface area (Å²) in [6.45, 7) is 1.57. The number of methoxy groups -OCH3 is 1. The summed E-state index contributed by atoms with van der Waals surface area (Å²) in [6.07, 6.45) is 3.12. The lowest BCUT2D eigenvalue weighted by Gasteiger charge is -2.05. The predicted octanol–water partition coefficient (Wildman–Crippen LogP) is 0.706. The van der Waals surface area contributed by atoms with Crippen LogP contribution in [0.15, 0.2) is 18.3 Å². The minimum atomic E-state index is 0.0809. The van der Waals surface area contributed by atoms with E-state index in [0.717, 1.165) is 25.1 Å². The Hall–Kier alpha value is -1.62. The molecule has 1 aromatic heterocycles. The molecule has 94 valence electrons. The maximum Gasteiger partial charge on any atom is 0.219 e. The molecule has 1 amide bonds. The molecule has 1 rings (SSSR count). The van der Waals surface area contributed by atoms with Crippen molar-refractivity contribution >= 4 is 5.91 Å². The third-order valence-corrected chi connectivity index (χ3v) is 2.37. The van der Waals surface area contributed by atoms with Crippen LogP contribution in [0, 0.1) is 0 Å². The second-order valence-corrected chi connectivity index (χ2v) is 3.66. The number of carbonyl (C=O) groups is 1. The molecular formula is C12H19N3O2. The van der Waals surface area contributed by atoms with E-state index in [-0.39, 0.29) is 5.91 Å². The van der Waals surface area contributed by atoms with E-state index in [9.17, 15) is 4.79 Å². The Morgan fingerprint density at radius 1 is 1.53 bits per heavy atom. The molecule has 5 nitrogen and oxygen atoms in total. The SMILES string of the molecule is CNC(=O)CCCNCc1ccnc(OC)c1. The van der Waals surface area contributed by atoms with Gasteiger partial charge in [0.25, 0.3) is 0 Å². The van der Waals surface area contributed by atoms with Crippen molar-refractivity contribution in [3.05, 3.63) is 23.9 Å². The van der Waals surface area contributed by atoms with Gasteiger partial charge >= 0.3 is 0 Å². The van der Waals surface area contributed by atoms with Crippen molar-refractivity contribution in [2.24, 2.45) is 0 Å². The molecule has 0 saturated heterocycles. The van der Waals surface area contributed by atoms with Crippen molar-refractivity contribution in [2.45, 2.75) is 19.4 Å². The summed E-state index contributed by atoms with van der Waals surface area (Å²) < 4.78 is 5.04. The number of nitrogens with one attached hydrogen (secondary N) is 2. The first-order valence-electron chi connectivity index (χ1n) is 5.66. The van der Waals surface area contributed by atoms with Gasteiger partial charge in [0.15, 0.2) is 0 Å². The zero-order valence-electron chi connectivity index (χ0n) is 10.3. The highest BCUT2D eigenvalue weighted by Crippen LogP contribution is 2.07. The fourth-order valence-corrected chi connectivity index (χ4v) is 1.40. The molecule has 0 spiro atoms. The first-order valence-corrected chi connectivity index (χ1v) is 5.66. The topological polar surface area (TPSA) is 63.2 Å². The van der Waals surface area contributed by atoms with Crippen molar-refractivity contribution in [2.75, 3.05) is 20.7 Å². The summed E-state index contributed by atoms with van der Waals surface area (Å²) in [4.78, 5) is 15.0. The van der Waals surface area contributed by atoms with Gasteiger partial charge in [0.1, 0.15) is 0 Å². The Balaban J connectivity index is 2.19. The zero-order chi connectivity index (χ0) is 12.5. The molecule has 0 aliphatic carbocycles. The van der Waals surface area contributed by atoms with Crippen LogP contribution in [0.25, 0.3) is 0 Å². The Morgan fingerprint density at radius 3 is 3.06 bits per heavy atom. The molecule has 0 aliphatic heterocycles. The van der Waals surface area contributed by atoms with Gasteiger partial charge in [0, 0.05) is 32.3 Å². The fourth-order valence-electron chi connectivity index (χ4n) is 1.40. The van der Waals surface area contributed by atoms with Gasteiger partial charge in [-0.2, -0.15) is 0 Å². The maximum absolute atomic E-state index is 11.0. The molecule has 5 heteroatoms. The van der Waals surface area contributed by atoms with Gasteiger partial charge in [0.05, 0.1) is 7.11 Å². The molecule has 0 radical (unpaired) electrons. The molecule has 0 saturated carbocycles. The highest BCUT2D eigenvalue weighted by atomic mass is 16.5. The third kappa shape index (κ3) is 5.31. The lowest BCUT2D eigenvalue weighted by atomic mass is 10.2. The molecule has 17 heavy (non-hydrogen) atoms. The first kappa shape index (κ1) is 13.4. The van der Waals surface area contributed by atoms with Crippen LogP contribution in [0.3, 0.4) is 0 Å². The standard InChI is InChI=1S/C12H19N3O2/c1-13-11(16)4-3-6-14-9-10-5-7-15-12(8-10)17-2/h5,7-8,14H,3-4,6,9H2,1-2H3,(H,13,16). The molecular weight excluding hydrogens is 218 g/mol. The van der Waals surface area contributed by atoms with Crippen molar-refractivity contribution in [1.29, 1.82) is 0 Å². The summed E-state index contributed by atoms with van der Waals surface area (Å²) in [7, 11) is 3.25. The summed E-state index contributed by atoms with van der Waals surface area (Å²) in [6, 6.07) is 3.83. The van der Waals surface area contributed by atoms with Crippen molar-refractivity contribution in [3.63, 3.8) is 0 Å². The van der Waals surface area contributed by atoms with Gasteiger partial charge < -0.3 is 15.4 Å². The Labute approximate surface area is 102 Å². The number of hydrogen-bond donors (Lipinski definition) is 2. The molecule has 1 heterocycles. The van der Waals surface area contributed by atoms with Gasteiger partial charge in [-0.3, -0.25) is 4.79 Å². The summed E-state index contributed by atoms with van der Waals surface area (Å²) in [5.41, 5.74) is 1.12. The number of pyridine rings is 1. The van der Waals surface area contributed by atoms with Crippen LogP contribution in [-0.2, 0) is 11.3 Å². The van der Waals surface area contributed by atoms with Crippen LogP contribution in [0.1, 0.15) is 18.4 Å². The van der Waals surface area contributed by atoms with E-state index in [0.29, 0.717) is 12.3 Å². The maximum atomic E-state index is 11.0. The van der Waals surface area contributed by atoms with Gasteiger partial charge in [-0.05, 0) is 24.6 Å². The number of ether oxygens (including phenoxy) is 1. The van der Waals surface area contributed by atoms with Crippen LogP contribution >= 0.6 is 0 Å². The molecule has 0 fully saturated rings. The molecule has 0 aromatic carbocycles. The van der Waals surface area contributed by atoms with E-state index in [1.807, 2.05) is 12.1 Å². The van der Waals surface area contributed by atoms with E-state index in [2.05, 4.69) is 15.6 Å². The van der Waals surface area contributed by atoms with Gasteiger partial charge in [-0.25, -0.2) is 4.98 Å². The quantitative estimate of drug-likeness (QED) is 0.685. The zero-order valence-corrected chi connectivity index (χ0v) is 10.3. The third-order valence-electron chi connectivity index (χ3n) is 2.37. The summed E-state index contributed by atoms with van der Waals surface area (Å²) >= 11 is 0. The van der Waals surface area contributed by atoms with Crippen LogP contribution in [0.5, 0.6) is 5.88 Å². The molecule has 2 N–H and O–H groups in total. The van der Waals surface area contributed by atoms with Gasteiger partial charge in [-0.1, -0.05) is 0 Å². The average molecular weight is 237 g/mol. The van der Waals surface area contributed by atoms with Crippen LogP contribution < -0.4 is 15.4 Å². The highest BCUT2D eigenvalue weighted by Gasteiger charge is 1.98. The fraction of sp³-hybridized carbons (Fsp3) is 0.500. The molecule has 0 aliphatic rings. The van der Waals surface area contributed by atoms with Crippen molar-refractivity contribution in [3.8, 4) is 5.88 Å². The summed E-state index contributed by atoms with van der Waals surface area (Å²) in [5, 5.41) is 5.87. The Bertz CT molecular complexity index is 355. The minimum Gasteiger partial charge on any atom is -0.481 e. The Morgan fingerprint density at radius 2 is 2.35 bits per heavy atom. The van der Waals surface area contributed by atoms with E-state index >= 15 is 0 Å². The number of amides is 1. The lowest BCUT2D eigenvalue weighted by molar-refractivity contribution is -0.120. The van der Waals surface area contributed by atoms with Crippen molar-refractivity contribution < 1.29 is 9.53 Å². The average Bonchev–Trinajstić information content (AvgIpc) is 2.38. The largest absolute Gasteiger partial charge is 0.481 e. The smallest absolute Gasteiger partial charge is 0.219 e. The molecule has 0 atom stereocenters. The highest BCUT2D eigenvalue weighted by molar-refractivity contribution is 5.75. The van der Waals surface area contributed by atoms with Gasteiger partial charge in [-0.15, -0.1) is 0 Å². The Kier molecular flexibility index (Phi) is 6.03. The van der Waals surface area contributed by atoms with Crippen LogP contribution in [-0.4, -0.2) is 31.6 Å². The van der Waals surface area contributed by atoms with E-state index in [4.69, 9.17) is 4.74 Å². The lowest BCUT2D eigenvalue weighted by Crippen LogP contribution is -2.20. The van der Waals surface area contributed by atoms with Gasteiger partial charge in [0.2, 0.25) is 11.8 Å². The summed E-state index contributed by atoms with van der Waals surface area (Å²) in [5.74, 6) is 0.701. The molecule has 0 bridgehead atoms. The molecule has 1 aromatic rings. The van der Waals surface area contributed by atoms with E-state index in [1.54, 1.807) is 20.4 Å². The normalized spacial score (nSPS) is 10.0. The predicted molar refractivity (Wildman–Crippen MR) is 65.8 cm³/mol. The number of carbonyl (C=O) groups excluding carboxylic acids is 1. The second kappa shape index (κ2) is 7.62. The number of hydrogen-bond acceptors (Lipinski definition) is 4. The second-order valence-electron chi connectivity index (χ2n) is 3.66. The minimum absolute atomic E-state index is 0.0809. The van der Waals surface area contributed by atoms with E-state index < -0.39 is 0 Å². The van der Waals surface area contributed by atoms with E-state index in [1.165, 1.54) is 0 Å². The monoisotopic (exact) mass is 237 g/mol. The van der Waals surface area contributed by atoms with Crippen LogP contribution in [0.2, 0.25) is 0 Å². The number of nitrogens with zero attached hydrogens (tertiary/aromatic N) is 1. The van der Waals surface area contributed by atoms with Crippen molar-refractivity contribution in [1.82, 2.24) is 15.6 Å². The first-order chi connectivity index (χ1) is 8.26.